The highest BCUT2D eigenvalue weighted by Crippen LogP contribution is 2.19. The van der Waals surface area contributed by atoms with Gasteiger partial charge in [-0.1, -0.05) is 17.8 Å². The van der Waals surface area contributed by atoms with Crippen LogP contribution in [0, 0.1) is 12.7 Å². The maximum atomic E-state index is 13.3. The van der Waals surface area contributed by atoms with Gasteiger partial charge in [-0.3, -0.25) is 4.79 Å². The fourth-order valence-corrected chi connectivity index (χ4v) is 2.45. The van der Waals surface area contributed by atoms with Gasteiger partial charge in [-0.15, -0.1) is 5.10 Å². The van der Waals surface area contributed by atoms with Gasteiger partial charge in [0.1, 0.15) is 10.7 Å². The number of rotatable bonds is 4. The van der Waals surface area contributed by atoms with E-state index in [1.54, 1.807) is 13.0 Å². The Bertz CT molecular complexity index is 560. The number of hydrogen-bond donors (Lipinski definition) is 0. The first-order chi connectivity index (χ1) is 8.61. The summed E-state index contributed by atoms with van der Waals surface area (Å²) in [5, 5.41) is 3.95. The number of ketones is 1. The van der Waals surface area contributed by atoms with Crippen LogP contribution in [0.3, 0.4) is 0 Å². The molecule has 0 fully saturated rings. The molecule has 0 aliphatic carbocycles. The zero-order valence-electron chi connectivity index (χ0n) is 10.2. The minimum Gasteiger partial charge on any atom is -0.288 e. The molecular weight excluding hydrogens is 251 g/mol. The monoisotopic (exact) mass is 264 g/mol. The third-order valence-electron chi connectivity index (χ3n) is 2.55. The van der Waals surface area contributed by atoms with Crippen molar-refractivity contribution in [2.45, 2.75) is 26.7 Å². The molecule has 0 saturated heterocycles. The average molecular weight is 264 g/mol. The van der Waals surface area contributed by atoms with E-state index in [-0.39, 0.29) is 5.78 Å². The second-order valence-electron chi connectivity index (χ2n) is 4.15. The lowest BCUT2D eigenvalue weighted by Crippen LogP contribution is -2.04. The highest BCUT2D eigenvalue weighted by molar-refractivity contribution is 7.08. The normalized spacial score (nSPS) is 10.6. The van der Waals surface area contributed by atoms with Gasteiger partial charge in [0.15, 0.2) is 0 Å². The van der Waals surface area contributed by atoms with Crippen LogP contribution in [0.1, 0.15) is 39.8 Å². The van der Waals surface area contributed by atoms with E-state index in [1.165, 1.54) is 12.1 Å². The molecule has 0 N–H and O–H groups in total. The van der Waals surface area contributed by atoms with E-state index in [9.17, 15) is 9.18 Å². The fraction of sp³-hybridized carbons (Fsp3) is 0.308. The van der Waals surface area contributed by atoms with Crippen molar-refractivity contribution in [2.75, 3.05) is 0 Å². The summed E-state index contributed by atoms with van der Waals surface area (Å²) in [6, 6.07) is 4.33. The van der Waals surface area contributed by atoms with Crippen LogP contribution in [0.15, 0.2) is 18.2 Å². The van der Waals surface area contributed by atoms with Gasteiger partial charge < -0.3 is 0 Å². The van der Waals surface area contributed by atoms with Gasteiger partial charge in [-0.2, -0.15) is 0 Å². The van der Waals surface area contributed by atoms with E-state index in [2.05, 4.69) is 9.59 Å². The third-order valence-corrected chi connectivity index (χ3v) is 3.32. The van der Waals surface area contributed by atoms with E-state index in [4.69, 9.17) is 0 Å². The standard InChI is InChI=1S/C13H13FN2OS/c1-3-4-11-13(18-16-15-11)12(17)9-5-8(2)6-10(14)7-9/h5-7H,3-4H2,1-2H3. The third kappa shape index (κ3) is 2.61. The van der Waals surface area contributed by atoms with Crippen LogP contribution in [0.4, 0.5) is 4.39 Å². The van der Waals surface area contributed by atoms with Crippen molar-refractivity contribution in [3.63, 3.8) is 0 Å². The van der Waals surface area contributed by atoms with Crippen LogP contribution in [-0.2, 0) is 6.42 Å². The summed E-state index contributed by atoms with van der Waals surface area (Å²) in [4.78, 5) is 12.8. The van der Waals surface area contributed by atoms with Crippen molar-refractivity contribution in [2.24, 2.45) is 0 Å². The SMILES string of the molecule is CCCc1nnsc1C(=O)c1cc(C)cc(F)c1. The molecule has 0 saturated carbocycles. The molecule has 1 aromatic heterocycles. The van der Waals surface area contributed by atoms with Crippen LogP contribution in [0.5, 0.6) is 0 Å². The Morgan fingerprint density at radius 2 is 2.17 bits per heavy atom. The van der Waals surface area contributed by atoms with Gasteiger partial charge in [-0.25, -0.2) is 4.39 Å². The summed E-state index contributed by atoms with van der Waals surface area (Å²) in [7, 11) is 0. The van der Waals surface area contributed by atoms with Gasteiger partial charge in [0.2, 0.25) is 5.78 Å². The van der Waals surface area contributed by atoms with E-state index >= 15 is 0 Å². The number of carbonyl (C=O) groups excluding carboxylic acids is 1. The molecule has 0 bridgehead atoms. The highest BCUT2D eigenvalue weighted by Gasteiger charge is 2.18. The largest absolute Gasteiger partial charge is 0.288 e. The predicted octanol–water partition coefficient (Wildman–Crippen LogP) is 3.17. The smallest absolute Gasteiger partial charge is 0.206 e. The van der Waals surface area contributed by atoms with Gasteiger partial charge in [0.25, 0.3) is 0 Å². The zero-order valence-corrected chi connectivity index (χ0v) is 11.1. The number of hydrogen-bond acceptors (Lipinski definition) is 4. The van der Waals surface area contributed by atoms with Crippen LogP contribution in [0.25, 0.3) is 0 Å². The van der Waals surface area contributed by atoms with Crippen molar-refractivity contribution in [1.82, 2.24) is 9.59 Å². The van der Waals surface area contributed by atoms with Crippen LogP contribution >= 0.6 is 11.5 Å². The molecule has 0 spiro atoms. The van der Waals surface area contributed by atoms with Gasteiger partial charge in [0.05, 0.1) is 5.69 Å². The topological polar surface area (TPSA) is 42.9 Å². The lowest BCUT2D eigenvalue weighted by molar-refractivity contribution is 0.104. The predicted molar refractivity (Wildman–Crippen MR) is 68.5 cm³/mol. The van der Waals surface area contributed by atoms with Crippen molar-refractivity contribution in [3.8, 4) is 0 Å². The molecule has 1 aromatic carbocycles. The molecule has 2 aromatic rings. The Kier molecular flexibility index (Phi) is 3.81. The first-order valence-corrected chi connectivity index (χ1v) is 6.52. The van der Waals surface area contributed by atoms with Gasteiger partial charge >= 0.3 is 0 Å². The summed E-state index contributed by atoms with van der Waals surface area (Å²) < 4.78 is 17.1. The Balaban J connectivity index is 2.38. The molecule has 0 aliphatic heterocycles. The highest BCUT2D eigenvalue weighted by atomic mass is 32.1. The summed E-state index contributed by atoms with van der Waals surface area (Å²) in [6.45, 7) is 3.78. The van der Waals surface area contributed by atoms with E-state index in [1.807, 2.05) is 6.92 Å². The lowest BCUT2D eigenvalue weighted by atomic mass is 10.0. The number of benzene rings is 1. The Morgan fingerprint density at radius 3 is 2.83 bits per heavy atom. The molecule has 5 heteroatoms. The summed E-state index contributed by atoms with van der Waals surface area (Å²) in [5.74, 6) is -0.594. The molecule has 3 nitrogen and oxygen atoms in total. The number of aryl methyl sites for hydroxylation is 2. The fourth-order valence-electron chi connectivity index (χ4n) is 1.78. The quantitative estimate of drug-likeness (QED) is 0.797. The molecule has 1 heterocycles. The van der Waals surface area contributed by atoms with Crippen molar-refractivity contribution >= 4 is 17.3 Å². The molecule has 18 heavy (non-hydrogen) atoms. The minimum absolute atomic E-state index is 0.198. The van der Waals surface area contributed by atoms with E-state index in [0.717, 1.165) is 23.5 Å². The summed E-state index contributed by atoms with van der Waals surface area (Å²) in [5.41, 5.74) is 1.79. The number of nitrogens with zero attached hydrogens (tertiary/aromatic N) is 2. The van der Waals surface area contributed by atoms with Gasteiger partial charge in [-0.05, 0) is 48.6 Å². The summed E-state index contributed by atoms with van der Waals surface area (Å²) >= 11 is 1.07. The number of halogens is 1. The first kappa shape index (κ1) is 12.8. The molecule has 0 unspecified atom stereocenters. The first-order valence-electron chi connectivity index (χ1n) is 5.75. The summed E-state index contributed by atoms with van der Waals surface area (Å²) in [6.07, 6.45) is 1.61. The second-order valence-corrected chi connectivity index (χ2v) is 4.90. The van der Waals surface area contributed by atoms with Crippen molar-refractivity contribution < 1.29 is 9.18 Å². The Morgan fingerprint density at radius 1 is 1.39 bits per heavy atom. The van der Waals surface area contributed by atoms with E-state index < -0.39 is 5.82 Å². The van der Waals surface area contributed by atoms with Crippen LogP contribution in [0.2, 0.25) is 0 Å². The van der Waals surface area contributed by atoms with Gasteiger partial charge in [0, 0.05) is 5.56 Å². The Labute approximate surface area is 109 Å². The molecule has 0 aliphatic rings. The number of carbonyl (C=O) groups is 1. The van der Waals surface area contributed by atoms with Crippen LogP contribution < -0.4 is 0 Å². The van der Waals surface area contributed by atoms with E-state index in [0.29, 0.717) is 22.6 Å². The molecule has 0 amide bonds. The molecular formula is C13H13FN2OS. The average Bonchev–Trinajstić information content (AvgIpc) is 2.75. The number of aromatic nitrogens is 2. The molecule has 0 atom stereocenters. The lowest BCUT2D eigenvalue weighted by Gasteiger charge is -2.02. The zero-order chi connectivity index (χ0) is 13.1. The van der Waals surface area contributed by atoms with Crippen molar-refractivity contribution in [1.29, 1.82) is 0 Å². The second kappa shape index (κ2) is 5.35. The molecule has 2 rings (SSSR count). The molecule has 0 radical (unpaired) electrons. The van der Waals surface area contributed by atoms with Crippen molar-refractivity contribution in [3.05, 3.63) is 45.7 Å². The maximum Gasteiger partial charge on any atom is 0.206 e. The maximum absolute atomic E-state index is 13.3. The Hall–Kier alpha value is -1.62. The molecule has 94 valence electrons. The minimum atomic E-state index is -0.395. The van der Waals surface area contributed by atoms with Crippen LogP contribution in [-0.4, -0.2) is 15.4 Å².